The van der Waals surface area contributed by atoms with Crippen LogP contribution >= 0.6 is 45.8 Å². The lowest BCUT2D eigenvalue weighted by atomic mass is 10.2. The number of halogens is 3. The predicted molar refractivity (Wildman–Crippen MR) is 124 cm³/mol. The number of sulfonamides is 1. The smallest absolute Gasteiger partial charge is 0.276 e. The van der Waals surface area contributed by atoms with E-state index in [1.54, 1.807) is 42.5 Å². The highest BCUT2D eigenvalue weighted by atomic mass is 127. The Balaban J connectivity index is 1.74. The minimum atomic E-state index is -3.77. The van der Waals surface area contributed by atoms with Gasteiger partial charge in [-0.2, -0.15) is 13.5 Å². The summed E-state index contributed by atoms with van der Waals surface area (Å²) in [6, 6.07) is 18.8. The largest absolute Gasteiger partial charge is 0.488 e. The van der Waals surface area contributed by atoms with Gasteiger partial charge in [-0.05, 0) is 82.8 Å². The van der Waals surface area contributed by atoms with E-state index in [0.29, 0.717) is 21.4 Å². The Hall–Kier alpha value is -1.81. The van der Waals surface area contributed by atoms with Gasteiger partial charge in [-0.3, -0.25) is 0 Å². The van der Waals surface area contributed by atoms with E-state index in [9.17, 15) is 8.42 Å². The summed E-state index contributed by atoms with van der Waals surface area (Å²) in [4.78, 5) is 2.32. The highest BCUT2D eigenvalue weighted by Gasteiger charge is 2.12. The Morgan fingerprint density at radius 2 is 1.72 bits per heavy atom. The van der Waals surface area contributed by atoms with E-state index in [2.05, 4.69) is 32.5 Å². The van der Waals surface area contributed by atoms with Crippen molar-refractivity contribution in [2.75, 3.05) is 0 Å². The summed E-state index contributed by atoms with van der Waals surface area (Å²) in [5, 5.41) is 4.95. The van der Waals surface area contributed by atoms with E-state index < -0.39 is 10.0 Å². The van der Waals surface area contributed by atoms with Gasteiger partial charge in [0.05, 0.1) is 11.1 Å². The summed E-state index contributed by atoms with van der Waals surface area (Å²) in [5.41, 5.74) is 1.43. The number of nitrogens with one attached hydrogen (secondary N) is 1. The molecule has 3 aromatic rings. The Morgan fingerprint density at radius 3 is 2.45 bits per heavy atom. The zero-order valence-corrected chi connectivity index (χ0v) is 19.3. The lowest BCUT2D eigenvalue weighted by Gasteiger charge is -2.10. The third-order valence-electron chi connectivity index (χ3n) is 3.76. The molecule has 0 radical (unpaired) electrons. The summed E-state index contributed by atoms with van der Waals surface area (Å²) in [6.07, 6.45) is 1.35. The van der Waals surface area contributed by atoms with Crippen LogP contribution in [0.25, 0.3) is 0 Å². The van der Waals surface area contributed by atoms with Crippen LogP contribution in [0.4, 0.5) is 0 Å². The molecule has 0 atom stereocenters. The highest BCUT2D eigenvalue weighted by Crippen LogP contribution is 2.23. The molecule has 29 heavy (non-hydrogen) atoms. The van der Waals surface area contributed by atoms with Gasteiger partial charge in [0.25, 0.3) is 10.0 Å². The van der Waals surface area contributed by atoms with Gasteiger partial charge in [-0.1, -0.05) is 35.3 Å². The molecule has 0 aliphatic heterocycles. The fourth-order valence-electron chi connectivity index (χ4n) is 2.37. The molecule has 0 heterocycles. The predicted octanol–water partition coefficient (Wildman–Crippen LogP) is 5.49. The van der Waals surface area contributed by atoms with Crippen LogP contribution in [-0.2, 0) is 16.6 Å². The number of ether oxygens (including phenoxy) is 1. The quantitative estimate of drug-likeness (QED) is 0.236. The van der Waals surface area contributed by atoms with Crippen molar-refractivity contribution >= 4 is 62.0 Å². The Labute approximate surface area is 192 Å². The average molecular weight is 561 g/mol. The summed E-state index contributed by atoms with van der Waals surface area (Å²) in [6.45, 7) is 0.289. The van der Waals surface area contributed by atoms with Crippen LogP contribution in [0, 0.1) is 3.57 Å². The number of nitrogens with zero attached hydrogens (tertiary/aromatic N) is 1. The molecule has 0 amide bonds. The van der Waals surface area contributed by atoms with Crippen LogP contribution < -0.4 is 9.57 Å². The Kier molecular flexibility index (Phi) is 7.39. The molecule has 3 rings (SSSR count). The molecule has 0 aliphatic carbocycles. The second kappa shape index (κ2) is 9.80. The molecule has 3 aromatic carbocycles. The molecule has 0 aromatic heterocycles. The van der Waals surface area contributed by atoms with E-state index in [1.165, 1.54) is 18.3 Å². The topological polar surface area (TPSA) is 67.8 Å². The van der Waals surface area contributed by atoms with Crippen molar-refractivity contribution < 1.29 is 13.2 Å². The molecule has 0 fully saturated rings. The first-order valence-corrected chi connectivity index (χ1v) is 11.6. The molecule has 0 saturated carbocycles. The standard InChI is InChI=1S/C20H15Cl2IN2O3S/c21-16-3-1-2-14(10-16)13-28-20-9-4-17(22)11-15(20)12-24-25-29(26,27)19-7-5-18(23)6-8-19/h1-12,25H,13H2/b24-12-. The van der Waals surface area contributed by atoms with Crippen molar-refractivity contribution in [2.45, 2.75) is 11.5 Å². The van der Waals surface area contributed by atoms with E-state index >= 15 is 0 Å². The van der Waals surface area contributed by atoms with Crippen LogP contribution in [0.1, 0.15) is 11.1 Å². The zero-order valence-electron chi connectivity index (χ0n) is 14.8. The normalized spacial score (nSPS) is 11.6. The van der Waals surface area contributed by atoms with Gasteiger partial charge in [0.2, 0.25) is 0 Å². The number of hydrogen-bond acceptors (Lipinski definition) is 4. The molecule has 5 nitrogen and oxygen atoms in total. The average Bonchev–Trinajstić information content (AvgIpc) is 2.68. The lowest BCUT2D eigenvalue weighted by molar-refractivity contribution is 0.306. The molecular formula is C20H15Cl2IN2O3S. The monoisotopic (exact) mass is 560 g/mol. The molecule has 9 heteroatoms. The minimum Gasteiger partial charge on any atom is -0.488 e. The van der Waals surface area contributed by atoms with Crippen LogP contribution in [0.15, 0.2) is 76.7 Å². The zero-order chi connectivity index (χ0) is 20.9. The first-order valence-electron chi connectivity index (χ1n) is 8.31. The van der Waals surface area contributed by atoms with Crippen LogP contribution in [-0.4, -0.2) is 14.6 Å². The van der Waals surface area contributed by atoms with Gasteiger partial charge in [-0.15, -0.1) is 0 Å². The van der Waals surface area contributed by atoms with Gasteiger partial charge in [0.1, 0.15) is 12.4 Å². The summed E-state index contributed by atoms with van der Waals surface area (Å²) < 4.78 is 31.4. The first-order chi connectivity index (χ1) is 13.8. The summed E-state index contributed by atoms with van der Waals surface area (Å²) >= 11 is 14.2. The number of benzene rings is 3. The molecule has 1 N–H and O–H groups in total. The maximum absolute atomic E-state index is 12.3. The second-order valence-corrected chi connectivity index (χ2v) is 9.69. The van der Waals surface area contributed by atoms with Gasteiger partial charge in [-0.25, -0.2) is 4.83 Å². The Morgan fingerprint density at radius 1 is 1.00 bits per heavy atom. The lowest BCUT2D eigenvalue weighted by Crippen LogP contribution is -2.18. The maximum Gasteiger partial charge on any atom is 0.276 e. The second-order valence-electron chi connectivity index (χ2n) is 5.91. The number of hydrogen-bond donors (Lipinski definition) is 1. The maximum atomic E-state index is 12.3. The van der Waals surface area contributed by atoms with Crippen molar-refractivity contribution in [3.8, 4) is 5.75 Å². The molecule has 0 saturated heterocycles. The minimum absolute atomic E-state index is 0.124. The molecule has 0 aliphatic rings. The fourth-order valence-corrected chi connectivity index (χ4v) is 3.92. The fraction of sp³-hybridized carbons (Fsp3) is 0.0500. The number of rotatable bonds is 7. The third kappa shape index (κ3) is 6.33. The SMILES string of the molecule is O=S(=O)(N/N=C\c1cc(Cl)ccc1OCc1cccc(Cl)c1)c1ccc(I)cc1. The molecule has 150 valence electrons. The van der Waals surface area contributed by atoms with Gasteiger partial charge < -0.3 is 4.74 Å². The van der Waals surface area contributed by atoms with E-state index in [-0.39, 0.29) is 11.5 Å². The van der Waals surface area contributed by atoms with Gasteiger partial charge in [0, 0.05) is 19.2 Å². The van der Waals surface area contributed by atoms with Crippen molar-refractivity contribution in [3.63, 3.8) is 0 Å². The van der Waals surface area contributed by atoms with Gasteiger partial charge in [0.15, 0.2) is 0 Å². The molecule has 0 unspecified atom stereocenters. The van der Waals surface area contributed by atoms with Crippen LogP contribution in [0.3, 0.4) is 0 Å². The third-order valence-corrected chi connectivity index (χ3v) is 6.18. The van der Waals surface area contributed by atoms with Gasteiger partial charge >= 0.3 is 0 Å². The van der Waals surface area contributed by atoms with Crippen LogP contribution in [0.2, 0.25) is 10.0 Å². The molecule has 0 bridgehead atoms. The van der Waals surface area contributed by atoms with Crippen molar-refractivity contribution in [3.05, 3.63) is 91.5 Å². The summed E-state index contributed by atoms with van der Waals surface area (Å²) in [5.74, 6) is 0.506. The van der Waals surface area contributed by atoms with Crippen molar-refractivity contribution in [2.24, 2.45) is 5.10 Å². The van der Waals surface area contributed by atoms with Crippen molar-refractivity contribution in [1.82, 2.24) is 4.83 Å². The Bertz CT molecular complexity index is 1140. The van der Waals surface area contributed by atoms with E-state index in [4.69, 9.17) is 27.9 Å². The highest BCUT2D eigenvalue weighted by molar-refractivity contribution is 14.1. The van der Waals surface area contributed by atoms with E-state index in [0.717, 1.165) is 9.13 Å². The first kappa shape index (κ1) is 21.9. The van der Waals surface area contributed by atoms with Crippen molar-refractivity contribution in [1.29, 1.82) is 0 Å². The number of hydrazone groups is 1. The van der Waals surface area contributed by atoms with Crippen LogP contribution in [0.5, 0.6) is 5.75 Å². The molecule has 0 spiro atoms. The summed E-state index contributed by atoms with van der Waals surface area (Å²) in [7, 11) is -3.77. The molecular weight excluding hydrogens is 546 g/mol. The van der Waals surface area contributed by atoms with E-state index in [1.807, 2.05) is 12.1 Å².